The number of benzene rings is 1. The minimum Gasteiger partial charge on any atom is -0.385 e. The summed E-state index contributed by atoms with van der Waals surface area (Å²) < 4.78 is 0. The van der Waals surface area contributed by atoms with E-state index in [1.54, 1.807) is 6.20 Å². The smallest absolute Gasteiger partial charge is 0.0923 e. The minimum absolute atomic E-state index is 0.669. The molecular formula is C13H13ClN2O. The summed E-state index contributed by atoms with van der Waals surface area (Å²) in [6, 6.07) is 3.76. The highest BCUT2D eigenvalue weighted by Gasteiger charge is 2.54. The molecular weight excluding hydrogens is 236 g/mol. The average Bonchev–Trinajstić information content (AvgIpc) is 2.75. The number of hydrogen-bond donors (Lipinski definition) is 2. The van der Waals surface area contributed by atoms with E-state index in [0.29, 0.717) is 5.02 Å². The zero-order valence-corrected chi connectivity index (χ0v) is 10.0. The molecule has 0 radical (unpaired) electrons. The lowest BCUT2D eigenvalue weighted by molar-refractivity contribution is 0.0325. The number of halogens is 1. The molecule has 1 unspecified atom stereocenters. The van der Waals surface area contributed by atoms with Gasteiger partial charge in [-0.05, 0) is 43.2 Å². The van der Waals surface area contributed by atoms with E-state index < -0.39 is 5.60 Å². The Balaban J connectivity index is 1.92. The molecule has 0 aliphatic heterocycles. The molecule has 17 heavy (non-hydrogen) atoms. The fourth-order valence-corrected chi connectivity index (χ4v) is 3.60. The molecule has 0 spiro atoms. The van der Waals surface area contributed by atoms with Crippen molar-refractivity contribution < 1.29 is 5.11 Å². The van der Waals surface area contributed by atoms with Gasteiger partial charge in [-0.15, -0.1) is 0 Å². The Hall–Kier alpha value is -1.06. The van der Waals surface area contributed by atoms with Crippen molar-refractivity contribution in [1.29, 1.82) is 0 Å². The third-order valence-electron chi connectivity index (χ3n) is 4.28. The van der Waals surface area contributed by atoms with Gasteiger partial charge in [0.25, 0.3) is 0 Å². The number of hydrogen-bond acceptors (Lipinski definition) is 2. The van der Waals surface area contributed by atoms with Crippen molar-refractivity contribution in [2.45, 2.75) is 24.9 Å². The minimum atomic E-state index is -0.705. The number of nitrogens with zero attached hydrogens (tertiary/aromatic N) is 1. The first-order valence-electron chi connectivity index (χ1n) is 6.01. The fraction of sp³-hybridized carbons (Fsp3) is 0.462. The van der Waals surface area contributed by atoms with Crippen LogP contribution in [-0.2, 0) is 5.60 Å². The molecule has 2 N–H and O–H groups in total. The molecule has 2 aromatic rings. The van der Waals surface area contributed by atoms with Gasteiger partial charge in [0.1, 0.15) is 0 Å². The Morgan fingerprint density at radius 2 is 2.12 bits per heavy atom. The number of aromatic nitrogens is 2. The monoisotopic (exact) mass is 248 g/mol. The van der Waals surface area contributed by atoms with E-state index in [0.717, 1.165) is 41.1 Å². The molecule has 1 aromatic heterocycles. The van der Waals surface area contributed by atoms with E-state index >= 15 is 0 Å². The van der Waals surface area contributed by atoms with Crippen LogP contribution in [0.15, 0.2) is 18.3 Å². The molecule has 2 aliphatic rings. The van der Waals surface area contributed by atoms with Crippen LogP contribution >= 0.6 is 11.6 Å². The Bertz CT molecular complexity index is 596. The molecule has 3 nitrogen and oxygen atoms in total. The predicted octanol–water partition coefficient (Wildman–Crippen LogP) is 2.83. The van der Waals surface area contributed by atoms with Gasteiger partial charge in [-0.2, -0.15) is 5.10 Å². The number of fused-ring (bicyclic) bond motifs is 2. The zero-order valence-electron chi connectivity index (χ0n) is 9.28. The first kappa shape index (κ1) is 9.92. The molecule has 4 heteroatoms. The van der Waals surface area contributed by atoms with E-state index in [9.17, 15) is 5.11 Å². The fourth-order valence-electron chi connectivity index (χ4n) is 3.37. The van der Waals surface area contributed by atoms with E-state index in [4.69, 9.17) is 11.6 Å². The maximum absolute atomic E-state index is 10.8. The number of aromatic amines is 1. The highest BCUT2D eigenvalue weighted by molar-refractivity contribution is 6.31. The number of H-pyrrole nitrogens is 1. The van der Waals surface area contributed by atoms with Gasteiger partial charge in [0.2, 0.25) is 0 Å². The van der Waals surface area contributed by atoms with Gasteiger partial charge in [-0.1, -0.05) is 11.6 Å². The highest BCUT2D eigenvalue weighted by atomic mass is 35.5. The van der Waals surface area contributed by atoms with Gasteiger partial charge in [-0.3, -0.25) is 5.10 Å². The summed E-state index contributed by atoms with van der Waals surface area (Å²) in [4.78, 5) is 0. The van der Waals surface area contributed by atoms with Gasteiger partial charge >= 0.3 is 0 Å². The summed E-state index contributed by atoms with van der Waals surface area (Å²) in [5.74, 6) is 1.44. The Labute approximate surface area is 104 Å². The van der Waals surface area contributed by atoms with Crippen LogP contribution in [0.25, 0.3) is 10.9 Å². The summed E-state index contributed by atoms with van der Waals surface area (Å²) in [5.41, 5.74) is 1.14. The largest absolute Gasteiger partial charge is 0.385 e. The lowest BCUT2D eigenvalue weighted by Crippen LogP contribution is -2.23. The van der Waals surface area contributed by atoms with E-state index in [1.165, 1.54) is 6.42 Å². The van der Waals surface area contributed by atoms with Crippen molar-refractivity contribution in [3.63, 3.8) is 0 Å². The van der Waals surface area contributed by atoms with Crippen LogP contribution < -0.4 is 0 Å². The third-order valence-corrected chi connectivity index (χ3v) is 4.50. The van der Waals surface area contributed by atoms with Crippen LogP contribution in [0.4, 0.5) is 0 Å². The molecule has 3 atom stereocenters. The topological polar surface area (TPSA) is 48.9 Å². The highest BCUT2D eigenvalue weighted by Crippen LogP contribution is 2.60. The van der Waals surface area contributed by atoms with Crippen LogP contribution in [-0.4, -0.2) is 15.3 Å². The Morgan fingerprint density at radius 1 is 1.35 bits per heavy atom. The normalized spacial score (nSPS) is 35.2. The molecule has 2 aliphatic carbocycles. The quantitative estimate of drug-likeness (QED) is 0.815. The van der Waals surface area contributed by atoms with Crippen LogP contribution in [0.5, 0.6) is 0 Å². The van der Waals surface area contributed by atoms with Gasteiger partial charge in [0, 0.05) is 16.0 Å². The van der Waals surface area contributed by atoms with Crippen molar-refractivity contribution in [2.24, 2.45) is 11.8 Å². The van der Waals surface area contributed by atoms with Crippen molar-refractivity contribution in [2.75, 3.05) is 0 Å². The van der Waals surface area contributed by atoms with E-state index in [2.05, 4.69) is 10.2 Å². The SMILES string of the molecule is OC1(c2cc(Cl)cc3cn[nH]c23)C[C@H]2C[C@H]2C1. The molecule has 2 fully saturated rings. The van der Waals surface area contributed by atoms with Gasteiger partial charge in [0.15, 0.2) is 0 Å². The van der Waals surface area contributed by atoms with Crippen molar-refractivity contribution in [3.05, 3.63) is 28.9 Å². The van der Waals surface area contributed by atoms with Crippen molar-refractivity contribution >= 4 is 22.5 Å². The first-order chi connectivity index (χ1) is 8.16. The summed E-state index contributed by atoms with van der Waals surface area (Å²) >= 11 is 6.12. The summed E-state index contributed by atoms with van der Waals surface area (Å²) in [6.07, 6.45) is 4.77. The van der Waals surface area contributed by atoms with Gasteiger partial charge < -0.3 is 5.11 Å². The maximum atomic E-state index is 10.8. The molecule has 0 bridgehead atoms. The molecule has 4 rings (SSSR count). The van der Waals surface area contributed by atoms with Gasteiger partial charge in [-0.25, -0.2) is 0 Å². The molecule has 88 valence electrons. The molecule has 0 saturated heterocycles. The second-order valence-corrected chi connectivity index (χ2v) is 5.92. The van der Waals surface area contributed by atoms with Gasteiger partial charge in [0.05, 0.1) is 17.3 Å². The van der Waals surface area contributed by atoms with Crippen LogP contribution in [0.3, 0.4) is 0 Å². The summed E-state index contributed by atoms with van der Waals surface area (Å²) in [7, 11) is 0. The van der Waals surface area contributed by atoms with Crippen LogP contribution in [0.2, 0.25) is 5.02 Å². The number of rotatable bonds is 1. The van der Waals surface area contributed by atoms with Crippen LogP contribution in [0.1, 0.15) is 24.8 Å². The number of nitrogens with one attached hydrogen (secondary N) is 1. The molecule has 1 heterocycles. The third kappa shape index (κ3) is 1.36. The predicted molar refractivity (Wildman–Crippen MR) is 65.8 cm³/mol. The molecule has 2 saturated carbocycles. The summed E-state index contributed by atoms with van der Waals surface area (Å²) in [6.45, 7) is 0. The average molecular weight is 249 g/mol. The van der Waals surface area contributed by atoms with Crippen molar-refractivity contribution in [3.8, 4) is 0 Å². The van der Waals surface area contributed by atoms with Crippen LogP contribution in [0, 0.1) is 11.8 Å². The van der Waals surface area contributed by atoms with E-state index in [-0.39, 0.29) is 0 Å². The maximum Gasteiger partial charge on any atom is 0.0923 e. The molecule has 1 aromatic carbocycles. The second-order valence-electron chi connectivity index (χ2n) is 5.48. The van der Waals surface area contributed by atoms with Crippen molar-refractivity contribution in [1.82, 2.24) is 10.2 Å². The summed E-state index contributed by atoms with van der Waals surface area (Å²) in [5, 5.41) is 19.5. The number of aliphatic hydroxyl groups is 1. The zero-order chi connectivity index (χ0) is 11.6. The first-order valence-corrected chi connectivity index (χ1v) is 6.39. The standard InChI is InChI=1S/C13H13ClN2O/c14-10-2-9-6-15-16-12(9)11(3-10)13(17)4-7-1-8(7)5-13/h2-3,6-8,17H,1,4-5H2,(H,15,16)/t7-,8+,13?. The Morgan fingerprint density at radius 3 is 2.88 bits per heavy atom. The lowest BCUT2D eigenvalue weighted by Gasteiger charge is -2.25. The second kappa shape index (κ2) is 3.03. The van der Waals surface area contributed by atoms with E-state index in [1.807, 2.05) is 12.1 Å². The lowest BCUT2D eigenvalue weighted by atomic mass is 9.88. The Kier molecular flexibility index (Phi) is 1.77. The molecule has 0 amide bonds.